The number of nitrogen functional groups attached to an aromatic ring is 1. The summed E-state index contributed by atoms with van der Waals surface area (Å²) in [4.78, 5) is 2.43. The van der Waals surface area contributed by atoms with Gasteiger partial charge >= 0.3 is 0 Å². The summed E-state index contributed by atoms with van der Waals surface area (Å²) in [7, 11) is 0. The second-order valence-corrected chi connectivity index (χ2v) is 8.15. The summed E-state index contributed by atoms with van der Waals surface area (Å²) in [5, 5.41) is 7.83. The Labute approximate surface area is 141 Å². The molecule has 0 bridgehead atoms. The fourth-order valence-electron chi connectivity index (χ4n) is 3.72. The van der Waals surface area contributed by atoms with Crippen LogP contribution in [0.3, 0.4) is 0 Å². The van der Waals surface area contributed by atoms with Gasteiger partial charge in [-0.2, -0.15) is 0 Å². The lowest BCUT2D eigenvalue weighted by molar-refractivity contribution is 0.409. The van der Waals surface area contributed by atoms with E-state index in [-0.39, 0.29) is 5.41 Å². The molecule has 0 atom stereocenters. The Hall–Kier alpha value is -1.51. The van der Waals surface area contributed by atoms with Gasteiger partial charge in [0.2, 0.25) is 0 Å². The molecule has 0 amide bonds. The van der Waals surface area contributed by atoms with Gasteiger partial charge in [-0.3, -0.25) is 0 Å². The second kappa shape index (κ2) is 7.37. The molecule has 3 heteroatoms. The third-order valence-corrected chi connectivity index (χ3v) is 4.68. The van der Waals surface area contributed by atoms with E-state index < -0.39 is 0 Å². The Kier molecular flexibility index (Phi) is 5.72. The van der Waals surface area contributed by atoms with Gasteiger partial charge in [-0.15, -0.1) is 0 Å². The highest BCUT2D eigenvalue weighted by Gasteiger charge is 2.23. The fourth-order valence-corrected chi connectivity index (χ4v) is 3.72. The highest BCUT2D eigenvalue weighted by atomic mass is 15.1. The van der Waals surface area contributed by atoms with Crippen molar-refractivity contribution in [3.05, 3.63) is 23.3 Å². The molecular formula is C20H33N3. The van der Waals surface area contributed by atoms with Crippen molar-refractivity contribution in [1.82, 2.24) is 0 Å². The molecule has 1 aliphatic carbocycles. The first-order chi connectivity index (χ1) is 10.9. The summed E-state index contributed by atoms with van der Waals surface area (Å²) in [6.07, 6.45) is 7.72. The van der Waals surface area contributed by atoms with E-state index in [2.05, 4.69) is 44.7 Å². The zero-order valence-corrected chi connectivity index (χ0v) is 15.3. The highest BCUT2D eigenvalue weighted by molar-refractivity contribution is 5.93. The quantitative estimate of drug-likeness (QED) is 0.561. The molecule has 2 rings (SSSR count). The smallest absolute Gasteiger partial charge is 0.0479 e. The van der Waals surface area contributed by atoms with Crippen molar-refractivity contribution in [2.75, 3.05) is 23.7 Å². The maximum absolute atomic E-state index is 7.83. The van der Waals surface area contributed by atoms with Crippen LogP contribution in [-0.2, 0) is 0 Å². The van der Waals surface area contributed by atoms with Crippen molar-refractivity contribution in [3.63, 3.8) is 0 Å². The highest BCUT2D eigenvalue weighted by Crippen LogP contribution is 2.38. The maximum Gasteiger partial charge on any atom is 0.0479 e. The minimum absolute atomic E-state index is 0.215. The van der Waals surface area contributed by atoms with Crippen LogP contribution in [0.15, 0.2) is 12.1 Å². The summed E-state index contributed by atoms with van der Waals surface area (Å²) in [6, 6.07) is 4.43. The Morgan fingerprint density at radius 1 is 1.26 bits per heavy atom. The Bertz CT molecular complexity index is 537. The first kappa shape index (κ1) is 17.8. The minimum atomic E-state index is 0.215. The van der Waals surface area contributed by atoms with Crippen molar-refractivity contribution in [2.45, 2.75) is 65.7 Å². The first-order valence-electron chi connectivity index (χ1n) is 9.04. The normalized spacial score (nSPS) is 15.8. The lowest BCUT2D eigenvalue weighted by atomic mass is 9.92. The number of hydrogen-bond donors (Lipinski definition) is 2. The molecule has 3 N–H and O–H groups in total. The molecule has 0 saturated heterocycles. The Morgan fingerprint density at radius 3 is 2.43 bits per heavy atom. The van der Waals surface area contributed by atoms with Crippen LogP contribution in [0.25, 0.3) is 0 Å². The number of benzene rings is 1. The number of nitrogens with one attached hydrogen (secondary N) is 1. The number of nitrogens with zero attached hydrogens (tertiary/aromatic N) is 1. The zero-order chi connectivity index (χ0) is 17.0. The van der Waals surface area contributed by atoms with Crippen molar-refractivity contribution < 1.29 is 0 Å². The lowest BCUT2D eigenvalue weighted by Crippen LogP contribution is -2.34. The molecule has 0 aromatic heterocycles. The summed E-state index contributed by atoms with van der Waals surface area (Å²) < 4.78 is 0. The number of rotatable bonds is 6. The van der Waals surface area contributed by atoms with Crippen LogP contribution in [0.4, 0.5) is 11.4 Å². The Morgan fingerprint density at radius 2 is 1.91 bits per heavy atom. The van der Waals surface area contributed by atoms with Crippen LogP contribution < -0.4 is 10.6 Å². The van der Waals surface area contributed by atoms with Gasteiger partial charge in [0.15, 0.2) is 0 Å². The summed E-state index contributed by atoms with van der Waals surface area (Å²) in [5.74, 6) is 0.647. The van der Waals surface area contributed by atoms with Crippen molar-refractivity contribution in [3.8, 4) is 0 Å². The monoisotopic (exact) mass is 315 g/mol. The molecule has 1 aromatic rings. The van der Waals surface area contributed by atoms with Gasteiger partial charge in [0.25, 0.3) is 0 Å². The number of anilines is 2. The van der Waals surface area contributed by atoms with Crippen molar-refractivity contribution >= 4 is 17.6 Å². The molecule has 0 radical (unpaired) electrons. The third-order valence-electron chi connectivity index (χ3n) is 4.68. The van der Waals surface area contributed by atoms with Crippen LogP contribution in [-0.4, -0.2) is 19.3 Å². The van der Waals surface area contributed by atoms with Crippen molar-refractivity contribution in [1.29, 1.82) is 5.41 Å². The van der Waals surface area contributed by atoms with E-state index in [0.717, 1.165) is 36.4 Å². The average molecular weight is 316 g/mol. The molecule has 0 heterocycles. The van der Waals surface area contributed by atoms with Gasteiger partial charge in [0.05, 0.1) is 0 Å². The van der Waals surface area contributed by atoms with Gasteiger partial charge in [-0.25, -0.2) is 0 Å². The molecule has 0 aliphatic heterocycles. The van der Waals surface area contributed by atoms with E-state index >= 15 is 0 Å². The predicted molar refractivity (Wildman–Crippen MR) is 102 cm³/mol. The zero-order valence-electron chi connectivity index (χ0n) is 15.3. The molecule has 0 spiro atoms. The van der Waals surface area contributed by atoms with E-state index in [0.29, 0.717) is 5.92 Å². The maximum atomic E-state index is 7.83. The molecule has 1 aromatic carbocycles. The fraction of sp³-hybridized carbons (Fsp3) is 0.650. The van der Waals surface area contributed by atoms with E-state index in [1.165, 1.54) is 37.5 Å². The third kappa shape index (κ3) is 4.49. The molecule has 3 nitrogen and oxygen atoms in total. The van der Waals surface area contributed by atoms with Crippen LogP contribution in [0.2, 0.25) is 0 Å². The summed E-state index contributed by atoms with van der Waals surface area (Å²) in [5.41, 5.74) is 10.7. The molecule has 1 saturated carbocycles. The second-order valence-electron chi connectivity index (χ2n) is 8.15. The molecular weight excluding hydrogens is 282 g/mol. The van der Waals surface area contributed by atoms with Crippen LogP contribution >= 0.6 is 0 Å². The summed E-state index contributed by atoms with van der Waals surface area (Å²) in [6.45, 7) is 11.0. The molecule has 1 fully saturated rings. The molecule has 0 unspecified atom stereocenters. The van der Waals surface area contributed by atoms with Crippen LogP contribution in [0.5, 0.6) is 0 Å². The average Bonchev–Trinajstić information content (AvgIpc) is 2.98. The first-order valence-corrected chi connectivity index (χ1v) is 9.04. The molecule has 1 aliphatic rings. The van der Waals surface area contributed by atoms with Gasteiger partial charge in [-0.1, -0.05) is 40.5 Å². The largest absolute Gasteiger partial charge is 0.398 e. The topological polar surface area (TPSA) is 53.1 Å². The Balaban J connectivity index is 2.44. The predicted octanol–water partition coefficient (Wildman–Crippen LogP) is 5.19. The SMILES string of the molecule is CCCN(CC(C)(C)C)c1cc(C2CCCC2)cc(N)c1C=N. The van der Waals surface area contributed by atoms with Gasteiger partial charge in [0.1, 0.15) is 0 Å². The molecule has 128 valence electrons. The van der Waals surface area contributed by atoms with E-state index in [1.807, 2.05) is 0 Å². The van der Waals surface area contributed by atoms with Gasteiger partial charge < -0.3 is 16.0 Å². The number of nitrogens with two attached hydrogens (primary N) is 1. The van der Waals surface area contributed by atoms with Crippen molar-refractivity contribution in [2.24, 2.45) is 5.41 Å². The standard InChI is InChI=1S/C20H33N3/c1-5-10-23(14-20(2,3)4)19-12-16(15-8-6-7-9-15)11-18(22)17(19)13-21/h11-13,15,21H,5-10,14,22H2,1-4H3. The van der Waals surface area contributed by atoms with Crippen LogP contribution in [0.1, 0.15) is 76.8 Å². The number of hydrogen-bond acceptors (Lipinski definition) is 3. The molecule has 23 heavy (non-hydrogen) atoms. The van der Waals surface area contributed by atoms with Gasteiger partial charge in [-0.05, 0) is 48.3 Å². The van der Waals surface area contributed by atoms with Gasteiger partial charge in [0, 0.05) is 36.2 Å². The van der Waals surface area contributed by atoms with Crippen LogP contribution in [0, 0.1) is 10.8 Å². The van der Waals surface area contributed by atoms with E-state index in [1.54, 1.807) is 0 Å². The summed E-state index contributed by atoms with van der Waals surface area (Å²) >= 11 is 0. The van der Waals surface area contributed by atoms with E-state index in [4.69, 9.17) is 11.1 Å². The minimum Gasteiger partial charge on any atom is -0.398 e. The lowest BCUT2D eigenvalue weighted by Gasteiger charge is -2.33. The van der Waals surface area contributed by atoms with E-state index in [9.17, 15) is 0 Å².